The van der Waals surface area contributed by atoms with Crippen LogP contribution < -0.4 is 10.6 Å². The van der Waals surface area contributed by atoms with Crippen molar-refractivity contribution in [2.45, 2.75) is 26.4 Å². The molecule has 2 amide bonds. The zero-order chi connectivity index (χ0) is 16.9. The Labute approximate surface area is 133 Å². The predicted molar refractivity (Wildman–Crippen MR) is 80.8 cm³/mol. The van der Waals surface area contributed by atoms with E-state index in [1.165, 1.54) is 12.7 Å². The molecule has 23 heavy (non-hydrogen) atoms. The fraction of sp³-hybridized carbons (Fsp3) is 0.400. The number of oxazole rings is 1. The van der Waals surface area contributed by atoms with Gasteiger partial charge in [0.2, 0.25) is 5.76 Å². The quantitative estimate of drug-likeness (QED) is 0.818. The monoisotopic (exact) mass is 321 g/mol. The Balaban J connectivity index is 1.80. The molecule has 124 valence electrons. The topological polar surface area (TPSA) is 107 Å². The Bertz CT molecular complexity index is 655. The molecule has 8 nitrogen and oxygen atoms in total. The van der Waals surface area contributed by atoms with Crippen LogP contribution in [-0.4, -0.2) is 35.7 Å². The summed E-state index contributed by atoms with van der Waals surface area (Å²) in [5, 5.41) is 5.18. The van der Waals surface area contributed by atoms with E-state index in [4.69, 9.17) is 13.6 Å². The summed E-state index contributed by atoms with van der Waals surface area (Å²) in [5.74, 6) is 0.253. The summed E-state index contributed by atoms with van der Waals surface area (Å²) in [7, 11) is 0. The number of aromatic nitrogens is 1. The van der Waals surface area contributed by atoms with Gasteiger partial charge < -0.3 is 24.2 Å². The van der Waals surface area contributed by atoms with Crippen molar-refractivity contribution in [2.24, 2.45) is 0 Å². The van der Waals surface area contributed by atoms with Crippen molar-refractivity contribution < 1.29 is 23.2 Å². The lowest BCUT2D eigenvalue weighted by Crippen LogP contribution is -2.38. The molecule has 2 heterocycles. The highest BCUT2D eigenvalue weighted by atomic mass is 16.6. The van der Waals surface area contributed by atoms with Gasteiger partial charge in [-0.25, -0.2) is 9.78 Å². The van der Waals surface area contributed by atoms with Crippen molar-refractivity contribution >= 4 is 12.0 Å². The van der Waals surface area contributed by atoms with E-state index in [2.05, 4.69) is 15.6 Å². The minimum Gasteiger partial charge on any atom is -0.461 e. The molecule has 0 saturated heterocycles. The summed E-state index contributed by atoms with van der Waals surface area (Å²) >= 11 is 0. The van der Waals surface area contributed by atoms with E-state index < -0.39 is 17.6 Å². The zero-order valence-corrected chi connectivity index (χ0v) is 13.2. The molecule has 0 aliphatic heterocycles. The van der Waals surface area contributed by atoms with E-state index in [0.717, 1.165) is 0 Å². The van der Waals surface area contributed by atoms with Gasteiger partial charge >= 0.3 is 6.09 Å². The van der Waals surface area contributed by atoms with Gasteiger partial charge in [-0.2, -0.15) is 0 Å². The third kappa shape index (κ3) is 4.87. The normalized spacial score (nSPS) is 11.1. The van der Waals surface area contributed by atoms with E-state index in [-0.39, 0.29) is 24.5 Å². The number of carbonyl (C=O) groups excluding carboxylic acids is 2. The van der Waals surface area contributed by atoms with Crippen molar-refractivity contribution in [3.8, 4) is 11.5 Å². The molecule has 0 bridgehead atoms. The van der Waals surface area contributed by atoms with E-state index >= 15 is 0 Å². The van der Waals surface area contributed by atoms with Crippen LogP contribution in [0.5, 0.6) is 0 Å². The van der Waals surface area contributed by atoms with E-state index in [9.17, 15) is 9.59 Å². The molecule has 2 aromatic rings. The van der Waals surface area contributed by atoms with E-state index in [1.54, 1.807) is 32.9 Å². The van der Waals surface area contributed by atoms with Gasteiger partial charge in [0.15, 0.2) is 17.8 Å². The van der Waals surface area contributed by atoms with Crippen LogP contribution in [0.1, 0.15) is 31.3 Å². The molecule has 0 aromatic carbocycles. The number of ether oxygens (including phenoxy) is 1. The highest BCUT2D eigenvalue weighted by Gasteiger charge is 2.20. The van der Waals surface area contributed by atoms with Gasteiger partial charge in [0.1, 0.15) is 5.60 Å². The maximum Gasteiger partial charge on any atom is 0.407 e. The van der Waals surface area contributed by atoms with Crippen LogP contribution in [0.25, 0.3) is 11.5 Å². The Hall–Kier alpha value is -2.77. The lowest BCUT2D eigenvalue weighted by atomic mass is 10.2. The molecule has 0 radical (unpaired) electrons. The fourth-order valence-electron chi connectivity index (χ4n) is 1.73. The first-order valence-electron chi connectivity index (χ1n) is 7.09. The Morgan fingerprint density at radius 3 is 2.61 bits per heavy atom. The van der Waals surface area contributed by atoms with Crippen LogP contribution in [0, 0.1) is 0 Å². The van der Waals surface area contributed by atoms with Crippen LogP contribution in [0.4, 0.5) is 4.79 Å². The van der Waals surface area contributed by atoms with Gasteiger partial charge in [0.05, 0.1) is 6.26 Å². The Morgan fingerprint density at radius 1 is 1.22 bits per heavy atom. The molecule has 2 rings (SSSR count). The van der Waals surface area contributed by atoms with Crippen molar-refractivity contribution in [1.82, 2.24) is 15.6 Å². The summed E-state index contributed by atoms with van der Waals surface area (Å²) in [6, 6.07) is 3.35. The van der Waals surface area contributed by atoms with Crippen molar-refractivity contribution in [3.05, 3.63) is 30.5 Å². The summed E-state index contributed by atoms with van der Waals surface area (Å²) < 4.78 is 15.4. The number of hydrogen-bond donors (Lipinski definition) is 2. The molecule has 0 spiro atoms. The lowest BCUT2D eigenvalue weighted by molar-refractivity contribution is 0.0526. The summed E-state index contributed by atoms with van der Waals surface area (Å²) in [5.41, 5.74) is -0.441. The Kier molecular flexibility index (Phi) is 5.05. The second-order valence-corrected chi connectivity index (χ2v) is 5.69. The number of nitrogens with one attached hydrogen (secondary N) is 2. The summed E-state index contributed by atoms with van der Waals surface area (Å²) in [4.78, 5) is 27.4. The molecular formula is C15H19N3O5. The molecule has 0 aliphatic rings. The van der Waals surface area contributed by atoms with E-state index in [1.807, 2.05) is 0 Å². The summed E-state index contributed by atoms with van der Waals surface area (Å²) in [6.45, 7) is 5.77. The molecule has 0 saturated carbocycles. The van der Waals surface area contributed by atoms with Crippen LogP contribution in [0.15, 0.2) is 33.6 Å². The van der Waals surface area contributed by atoms with Crippen molar-refractivity contribution in [1.29, 1.82) is 0 Å². The average Bonchev–Trinajstić information content (AvgIpc) is 3.10. The first-order chi connectivity index (χ1) is 10.9. The number of amides is 2. The minimum atomic E-state index is -0.564. The second kappa shape index (κ2) is 6.99. The van der Waals surface area contributed by atoms with Gasteiger partial charge in [0, 0.05) is 13.1 Å². The van der Waals surface area contributed by atoms with Crippen molar-refractivity contribution in [2.75, 3.05) is 13.1 Å². The predicted octanol–water partition coefficient (Wildman–Crippen LogP) is 2.19. The van der Waals surface area contributed by atoms with E-state index in [0.29, 0.717) is 5.76 Å². The maximum absolute atomic E-state index is 12.1. The van der Waals surface area contributed by atoms with Gasteiger partial charge in [-0.05, 0) is 32.9 Å². The molecule has 0 atom stereocenters. The third-order valence-electron chi connectivity index (χ3n) is 2.61. The lowest BCUT2D eigenvalue weighted by Gasteiger charge is -2.19. The van der Waals surface area contributed by atoms with Crippen LogP contribution in [0.2, 0.25) is 0 Å². The van der Waals surface area contributed by atoms with Crippen LogP contribution in [-0.2, 0) is 4.74 Å². The highest BCUT2D eigenvalue weighted by Crippen LogP contribution is 2.23. The molecule has 0 aliphatic carbocycles. The van der Waals surface area contributed by atoms with Gasteiger partial charge in [-0.1, -0.05) is 0 Å². The molecule has 2 N–H and O–H groups in total. The van der Waals surface area contributed by atoms with Gasteiger partial charge in [0.25, 0.3) is 5.91 Å². The average molecular weight is 321 g/mol. The van der Waals surface area contributed by atoms with Gasteiger partial charge in [-0.3, -0.25) is 4.79 Å². The number of hydrogen-bond acceptors (Lipinski definition) is 6. The second-order valence-electron chi connectivity index (χ2n) is 5.69. The highest BCUT2D eigenvalue weighted by molar-refractivity contribution is 5.97. The number of alkyl carbamates (subject to hydrolysis) is 1. The maximum atomic E-state index is 12.1. The summed E-state index contributed by atoms with van der Waals surface area (Å²) in [6.07, 6.45) is 2.11. The number of nitrogens with zero attached hydrogens (tertiary/aromatic N) is 1. The molecule has 2 aromatic heterocycles. The zero-order valence-electron chi connectivity index (χ0n) is 13.2. The number of rotatable bonds is 5. The number of carbonyl (C=O) groups is 2. The largest absolute Gasteiger partial charge is 0.461 e. The first kappa shape index (κ1) is 16.6. The third-order valence-corrected chi connectivity index (χ3v) is 2.61. The SMILES string of the molecule is CC(C)(C)OC(=O)NCCNC(=O)c1ncoc1-c1ccco1. The fourth-order valence-corrected chi connectivity index (χ4v) is 1.73. The molecular weight excluding hydrogens is 302 g/mol. The van der Waals surface area contributed by atoms with Crippen LogP contribution >= 0.6 is 0 Å². The van der Waals surface area contributed by atoms with Crippen LogP contribution in [0.3, 0.4) is 0 Å². The Morgan fingerprint density at radius 2 is 1.96 bits per heavy atom. The minimum absolute atomic E-state index is 0.122. The molecule has 0 fully saturated rings. The van der Waals surface area contributed by atoms with Gasteiger partial charge in [-0.15, -0.1) is 0 Å². The number of furan rings is 1. The molecule has 0 unspecified atom stereocenters. The first-order valence-corrected chi connectivity index (χ1v) is 7.09. The smallest absolute Gasteiger partial charge is 0.407 e. The molecule has 8 heteroatoms. The van der Waals surface area contributed by atoms with Crippen molar-refractivity contribution in [3.63, 3.8) is 0 Å². The standard InChI is InChI=1S/C15H19N3O5/c1-15(2,3)23-14(20)17-7-6-16-13(19)11-12(22-9-18-11)10-5-4-8-21-10/h4-5,8-9H,6-7H2,1-3H3,(H,16,19)(H,17,20).